The van der Waals surface area contributed by atoms with Gasteiger partial charge in [-0.05, 0) is 35.9 Å². The van der Waals surface area contributed by atoms with Gasteiger partial charge < -0.3 is 10.2 Å². The number of hydrogen-bond donors (Lipinski definition) is 1. The van der Waals surface area contributed by atoms with Crippen LogP contribution in [0.3, 0.4) is 0 Å². The molecule has 0 radical (unpaired) electrons. The van der Waals surface area contributed by atoms with E-state index in [2.05, 4.69) is 15.1 Å². The molecule has 2 heterocycles. The Labute approximate surface area is 192 Å². The Morgan fingerprint density at radius 3 is 2.45 bits per heavy atom. The fourth-order valence-corrected chi connectivity index (χ4v) is 2.95. The van der Waals surface area contributed by atoms with Crippen molar-refractivity contribution in [2.75, 3.05) is 0 Å². The van der Waals surface area contributed by atoms with Crippen LogP contribution in [0.4, 0.5) is 17.6 Å². The fourth-order valence-electron chi connectivity index (χ4n) is 2.64. The summed E-state index contributed by atoms with van der Waals surface area (Å²) in [5, 5.41) is 2.77. The molecule has 1 N–H and O–H groups in total. The first-order valence-corrected chi connectivity index (χ1v) is 9.61. The molecule has 0 saturated carbocycles. The Bertz CT molecular complexity index is 1280. The summed E-state index contributed by atoms with van der Waals surface area (Å²) in [6.07, 6.45) is -3.50. The van der Waals surface area contributed by atoms with Crippen LogP contribution in [0.5, 0.6) is 0 Å². The van der Waals surface area contributed by atoms with Crippen LogP contribution >= 0.6 is 23.2 Å². The first kappa shape index (κ1) is 24.2. The minimum atomic E-state index is -5.37. The van der Waals surface area contributed by atoms with Gasteiger partial charge in [-0.1, -0.05) is 29.3 Å². The molecule has 0 aliphatic heterocycles. The van der Waals surface area contributed by atoms with E-state index in [1.165, 1.54) is 30.5 Å². The summed E-state index contributed by atoms with van der Waals surface area (Å²) >= 11 is 11.9. The summed E-state index contributed by atoms with van der Waals surface area (Å²) < 4.78 is 51.7. The molecular formula is C20H11Cl2F4N3O4. The average molecular weight is 504 g/mol. The van der Waals surface area contributed by atoms with Gasteiger partial charge in [0.2, 0.25) is 0 Å². The van der Waals surface area contributed by atoms with Gasteiger partial charge in [-0.2, -0.15) is 13.2 Å². The van der Waals surface area contributed by atoms with Crippen molar-refractivity contribution >= 4 is 35.1 Å². The van der Waals surface area contributed by atoms with Gasteiger partial charge in [0.05, 0.1) is 27.8 Å². The Hall–Kier alpha value is -3.44. The van der Waals surface area contributed by atoms with Crippen molar-refractivity contribution in [1.29, 1.82) is 0 Å². The van der Waals surface area contributed by atoms with Gasteiger partial charge in [0.1, 0.15) is 11.5 Å². The standard InChI is InChI=1S/C20H11Cl2F4N3O4/c21-12-5-3-10(8-13(12)22)16(17-14(23)2-1-7-27-17)28-18(31)11-4-6-15(30)29(9-11)33-19(32)20(24,25)26/h1-9,16H,(H,28,31). The maximum absolute atomic E-state index is 14.4. The van der Waals surface area contributed by atoms with Gasteiger partial charge in [-0.15, -0.1) is 4.73 Å². The van der Waals surface area contributed by atoms with Crippen LogP contribution < -0.4 is 15.7 Å². The normalized spacial score (nSPS) is 12.2. The number of nitrogens with zero attached hydrogens (tertiary/aromatic N) is 2. The minimum Gasteiger partial charge on any atom is -0.339 e. The van der Waals surface area contributed by atoms with E-state index in [1.54, 1.807) is 0 Å². The number of alkyl halides is 3. The Morgan fingerprint density at radius 2 is 1.82 bits per heavy atom. The van der Waals surface area contributed by atoms with E-state index in [1.807, 2.05) is 0 Å². The quantitative estimate of drug-likeness (QED) is 0.536. The highest BCUT2D eigenvalue weighted by molar-refractivity contribution is 6.42. The summed E-state index contributed by atoms with van der Waals surface area (Å²) in [6, 6.07) is 7.17. The summed E-state index contributed by atoms with van der Waals surface area (Å²) in [7, 11) is 0. The van der Waals surface area contributed by atoms with Crippen molar-refractivity contribution in [3.05, 3.63) is 97.9 Å². The fraction of sp³-hybridized carbons (Fsp3) is 0.100. The number of amides is 1. The zero-order valence-electron chi connectivity index (χ0n) is 16.1. The SMILES string of the molecule is O=C(NC(c1ccc(Cl)c(Cl)c1)c1ncccc1F)c1ccc(=O)n(OC(=O)C(F)(F)F)c1. The van der Waals surface area contributed by atoms with E-state index in [0.29, 0.717) is 12.3 Å². The third kappa shape index (κ3) is 5.68. The van der Waals surface area contributed by atoms with E-state index in [0.717, 1.165) is 12.1 Å². The summed E-state index contributed by atoms with van der Waals surface area (Å²) in [6.45, 7) is 0. The molecular weight excluding hydrogens is 493 g/mol. The third-order valence-corrected chi connectivity index (χ3v) is 4.91. The Morgan fingerprint density at radius 1 is 1.09 bits per heavy atom. The smallest absolute Gasteiger partial charge is 0.339 e. The highest BCUT2D eigenvalue weighted by Crippen LogP contribution is 2.29. The predicted molar refractivity (Wildman–Crippen MR) is 108 cm³/mol. The first-order chi connectivity index (χ1) is 15.5. The van der Waals surface area contributed by atoms with Crippen molar-refractivity contribution in [3.8, 4) is 0 Å². The van der Waals surface area contributed by atoms with Crippen LogP contribution in [0.2, 0.25) is 10.0 Å². The number of aromatic nitrogens is 2. The zero-order chi connectivity index (χ0) is 24.3. The lowest BCUT2D eigenvalue weighted by atomic mass is 10.0. The van der Waals surface area contributed by atoms with E-state index in [9.17, 15) is 31.9 Å². The third-order valence-electron chi connectivity index (χ3n) is 4.17. The van der Waals surface area contributed by atoms with Crippen LogP contribution in [-0.2, 0) is 4.79 Å². The monoisotopic (exact) mass is 503 g/mol. The van der Waals surface area contributed by atoms with E-state index >= 15 is 0 Å². The number of rotatable bonds is 5. The minimum absolute atomic E-state index is 0.0414. The maximum Gasteiger partial charge on any atom is 0.493 e. The summed E-state index contributed by atoms with van der Waals surface area (Å²) in [4.78, 5) is 43.5. The van der Waals surface area contributed by atoms with E-state index in [-0.39, 0.29) is 31.6 Å². The Kier molecular flexibility index (Phi) is 7.04. The van der Waals surface area contributed by atoms with Gasteiger partial charge in [-0.25, -0.2) is 9.18 Å². The second kappa shape index (κ2) is 9.59. The van der Waals surface area contributed by atoms with Crippen molar-refractivity contribution in [3.63, 3.8) is 0 Å². The van der Waals surface area contributed by atoms with Crippen molar-refractivity contribution < 1.29 is 32.0 Å². The molecule has 0 spiro atoms. The molecule has 33 heavy (non-hydrogen) atoms. The first-order valence-electron chi connectivity index (χ1n) is 8.86. The molecule has 3 rings (SSSR count). The van der Waals surface area contributed by atoms with Crippen LogP contribution in [0.25, 0.3) is 0 Å². The van der Waals surface area contributed by atoms with Gasteiger partial charge >= 0.3 is 12.1 Å². The maximum atomic E-state index is 14.4. The number of benzene rings is 1. The molecule has 1 unspecified atom stereocenters. The Balaban J connectivity index is 1.97. The van der Waals surface area contributed by atoms with Crippen molar-refractivity contribution in [1.82, 2.24) is 15.0 Å². The number of halogens is 6. The molecule has 0 aliphatic carbocycles. The topological polar surface area (TPSA) is 90.3 Å². The lowest BCUT2D eigenvalue weighted by molar-refractivity contribution is -0.200. The molecule has 172 valence electrons. The lowest BCUT2D eigenvalue weighted by Crippen LogP contribution is -2.39. The molecule has 2 aromatic heterocycles. The molecule has 13 heteroatoms. The molecule has 3 aromatic rings. The molecule has 0 bridgehead atoms. The van der Waals surface area contributed by atoms with Gasteiger partial charge in [-0.3, -0.25) is 14.6 Å². The van der Waals surface area contributed by atoms with Crippen molar-refractivity contribution in [2.24, 2.45) is 0 Å². The van der Waals surface area contributed by atoms with Gasteiger partial charge in [0.15, 0.2) is 0 Å². The lowest BCUT2D eigenvalue weighted by Gasteiger charge is -2.20. The van der Waals surface area contributed by atoms with Crippen LogP contribution in [0.1, 0.15) is 27.7 Å². The number of pyridine rings is 2. The molecule has 1 aromatic carbocycles. The van der Waals surface area contributed by atoms with Crippen LogP contribution in [-0.4, -0.2) is 27.8 Å². The molecule has 0 saturated heterocycles. The highest BCUT2D eigenvalue weighted by Gasteiger charge is 2.42. The number of carbonyl (C=O) groups excluding carboxylic acids is 2. The number of hydrogen-bond acceptors (Lipinski definition) is 5. The average Bonchev–Trinajstić information content (AvgIpc) is 2.75. The molecule has 0 aliphatic rings. The van der Waals surface area contributed by atoms with E-state index in [4.69, 9.17) is 23.2 Å². The second-order valence-electron chi connectivity index (χ2n) is 6.41. The summed E-state index contributed by atoms with van der Waals surface area (Å²) in [5.41, 5.74) is -1.42. The van der Waals surface area contributed by atoms with Crippen LogP contribution in [0.15, 0.2) is 59.7 Å². The van der Waals surface area contributed by atoms with Gasteiger partial charge in [0, 0.05) is 12.3 Å². The van der Waals surface area contributed by atoms with Gasteiger partial charge in [0.25, 0.3) is 11.5 Å². The molecule has 1 atom stereocenters. The molecule has 0 fully saturated rings. The summed E-state index contributed by atoms with van der Waals surface area (Å²) in [5.74, 6) is -4.38. The highest BCUT2D eigenvalue weighted by atomic mass is 35.5. The van der Waals surface area contributed by atoms with E-state index < -0.39 is 35.5 Å². The predicted octanol–water partition coefficient (Wildman–Crippen LogP) is 3.73. The largest absolute Gasteiger partial charge is 0.493 e. The number of nitrogens with one attached hydrogen (secondary N) is 1. The zero-order valence-corrected chi connectivity index (χ0v) is 17.6. The van der Waals surface area contributed by atoms with Crippen molar-refractivity contribution in [2.45, 2.75) is 12.2 Å². The van der Waals surface area contributed by atoms with Crippen LogP contribution in [0, 0.1) is 5.82 Å². The molecule has 1 amide bonds. The molecule has 7 nitrogen and oxygen atoms in total. The number of carbonyl (C=O) groups is 2. The second-order valence-corrected chi connectivity index (χ2v) is 7.22.